The van der Waals surface area contributed by atoms with E-state index in [1.165, 1.54) is 16.7 Å². The van der Waals surface area contributed by atoms with Crippen LogP contribution in [0.4, 0.5) is 5.13 Å². The van der Waals surface area contributed by atoms with E-state index in [4.69, 9.17) is 9.72 Å². The SMILES string of the molecule is COc1ccc(CCNc2nc(-c3ccc(CC(C)C)cc3)cs2)cc1. The fourth-order valence-electron chi connectivity index (χ4n) is 2.88. The van der Waals surface area contributed by atoms with Gasteiger partial charge >= 0.3 is 0 Å². The third kappa shape index (κ3) is 5.09. The number of nitrogens with zero attached hydrogens (tertiary/aromatic N) is 1. The Balaban J connectivity index is 1.54. The van der Waals surface area contributed by atoms with Gasteiger partial charge < -0.3 is 10.1 Å². The lowest BCUT2D eigenvalue weighted by molar-refractivity contribution is 0.414. The first-order chi connectivity index (χ1) is 12.6. The minimum absolute atomic E-state index is 0.682. The van der Waals surface area contributed by atoms with Gasteiger partial charge in [0, 0.05) is 17.5 Å². The van der Waals surface area contributed by atoms with Crippen molar-refractivity contribution in [2.45, 2.75) is 26.7 Å². The molecule has 0 saturated carbocycles. The van der Waals surface area contributed by atoms with Crippen molar-refractivity contribution in [2.24, 2.45) is 5.92 Å². The van der Waals surface area contributed by atoms with Crippen molar-refractivity contribution in [3.05, 3.63) is 65.0 Å². The van der Waals surface area contributed by atoms with Crippen molar-refractivity contribution in [1.82, 2.24) is 4.98 Å². The molecule has 0 amide bonds. The van der Waals surface area contributed by atoms with Gasteiger partial charge in [-0.1, -0.05) is 50.2 Å². The number of nitrogens with one attached hydrogen (secondary N) is 1. The second-order valence-corrected chi connectivity index (χ2v) is 7.72. The van der Waals surface area contributed by atoms with Gasteiger partial charge in [0.1, 0.15) is 5.75 Å². The van der Waals surface area contributed by atoms with Gasteiger partial charge in [0.15, 0.2) is 5.13 Å². The zero-order chi connectivity index (χ0) is 18.4. The molecule has 0 aliphatic carbocycles. The van der Waals surface area contributed by atoms with Gasteiger partial charge in [0.25, 0.3) is 0 Å². The maximum Gasteiger partial charge on any atom is 0.183 e. The Morgan fingerprint density at radius 2 is 1.69 bits per heavy atom. The van der Waals surface area contributed by atoms with Crippen LogP contribution in [0.1, 0.15) is 25.0 Å². The second-order valence-electron chi connectivity index (χ2n) is 6.86. The van der Waals surface area contributed by atoms with Crippen LogP contribution in [-0.2, 0) is 12.8 Å². The zero-order valence-electron chi connectivity index (χ0n) is 15.7. The van der Waals surface area contributed by atoms with Gasteiger partial charge in [-0.3, -0.25) is 0 Å². The Kier molecular flexibility index (Phi) is 6.29. The maximum atomic E-state index is 5.19. The Morgan fingerprint density at radius 3 is 2.35 bits per heavy atom. The topological polar surface area (TPSA) is 34.1 Å². The lowest BCUT2D eigenvalue weighted by Gasteiger charge is -2.06. The average molecular weight is 367 g/mol. The standard InChI is InChI=1S/C22H26N2OS/c1-16(2)14-18-4-8-19(9-5-18)21-15-26-22(24-21)23-13-12-17-6-10-20(25-3)11-7-17/h4-11,15-16H,12-14H2,1-3H3,(H,23,24). The molecule has 0 bridgehead atoms. The first-order valence-corrected chi connectivity index (χ1v) is 9.93. The zero-order valence-corrected chi connectivity index (χ0v) is 16.5. The number of aromatic nitrogens is 1. The Hall–Kier alpha value is -2.33. The fourth-order valence-corrected chi connectivity index (χ4v) is 3.62. The molecule has 1 heterocycles. The van der Waals surface area contributed by atoms with Crippen molar-refractivity contribution in [1.29, 1.82) is 0 Å². The summed E-state index contributed by atoms with van der Waals surface area (Å²) in [4.78, 5) is 4.72. The van der Waals surface area contributed by atoms with Crippen molar-refractivity contribution < 1.29 is 4.74 Å². The molecule has 136 valence electrons. The number of hydrogen-bond acceptors (Lipinski definition) is 4. The van der Waals surface area contributed by atoms with Crippen molar-refractivity contribution >= 4 is 16.5 Å². The molecule has 1 N–H and O–H groups in total. The van der Waals surface area contributed by atoms with Crippen LogP contribution in [0.25, 0.3) is 11.3 Å². The van der Waals surface area contributed by atoms with Gasteiger partial charge in [-0.25, -0.2) is 4.98 Å². The van der Waals surface area contributed by atoms with Crippen molar-refractivity contribution in [3.8, 4) is 17.0 Å². The molecule has 0 unspecified atom stereocenters. The smallest absolute Gasteiger partial charge is 0.183 e. The van der Waals surface area contributed by atoms with E-state index in [0.717, 1.165) is 36.0 Å². The van der Waals surface area contributed by atoms with Crippen LogP contribution in [0, 0.1) is 5.92 Å². The van der Waals surface area contributed by atoms with E-state index >= 15 is 0 Å². The highest BCUT2D eigenvalue weighted by atomic mass is 32.1. The Morgan fingerprint density at radius 1 is 1.00 bits per heavy atom. The molecule has 3 rings (SSSR count). The highest BCUT2D eigenvalue weighted by molar-refractivity contribution is 7.14. The molecule has 0 spiro atoms. The van der Waals surface area contributed by atoms with Gasteiger partial charge in [-0.05, 0) is 42.0 Å². The molecule has 2 aromatic carbocycles. The Bertz CT molecular complexity index is 807. The predicted octanol–water partition coefficient (Wildman–Crippen LogP) is 5.67. The molecule has 0 saturated heterocycles. The summed E-state index contributed by atoms with van der Waals surface area (Å²) < 4.78 is 5.19. The molecule has 1 aromatic heterocycles. The molecule has 4 heteroatoms. The number of hydrogen-bond donors (Lipinski definition) is 1. The molecule has 26 heavy (non-hydrogen) atoms. The molecular weight excluding hydrogens is 340 g/mol. The first kappa shape index (κ1) is 18.5. The summed E-state index contributed by atoms with van der Waals surface area (Å²) in [6.45, 7) is 5.36. The lowest BCUT2D eigenvalue weighted by atomic mass is 10.0. The van der Waals surface area contributed by atoms with E-state index in [1.54, 1.807) is 18.4 Å². The summed E-state index contributed by atoms with van der Waals surface area (Å²) in [7, 11) is 1.69. The Labute approximate surface area is 160 Å². The van der Waals surface area contributed by atoms with E-state index in [1.807, 2.05) is 12.1 Å². The normalized spacial score (nSPS) is 10.9. The molecule has 0 aliphatic rings. The highest BCUT2D eigenvalue weighted by Gasteiger charge is 2.05. The van der Waals surface area contributed by atoms with E-state index in [2.05, 4.69) is 60.9 Å². The number of anilines is 1. The quantitative estimate of drug-likeness (QED) is 0.557. The third-order valence-electron chi connectivity index (χ3n) is 4.25. The minimum atomic E-state index is 0.682. The van der Waals surface area contributed by atoms with E-state index < -0.39 is 0 Å². The molecular formula is C22H26N2OS. The number of ether oxygens (including phenoxy) is 1. The molecule has 0 fully saturated rings. The van der Waals surface area contributed by atoms with Gasteiger partial charge in [0.2, 0.25) is 0 Å². The summed E-state index contributed by atoms with van der Waals surface area (Å²) in [5.74, 6) is 1.58. The predicted molar refractivity (Wildman–Crippen MR) is 111 cm³/mol. The second kappa shape index (κ2) is 8.86. The molecule has 0 radical (unpaired) electrons. The van der Waals surface area contributed by atoms with Crippen LogP contribution in [0.5, 0.6) is 5.75 Å². The molecule has 3 nitrogen and oxygen atoms in total. The van der Waals surface area contributed by atoms with Crippen LogP contribution < -0.4 is 10.1 Å². The van der Waals surface area contributed by atoms with Crippen LogP contribution in [0.2, 0.25) is 0 Å². The highest BCUT2D eigenvalue weighted by Crippen LogP contribution is 2.25. The van der Waals surface area contributed by atoms with Crippen LogP contribution in [-0.4, -0.2) is 18.6 Å². The summed E-state index contributed by atoms with van der Waals surface area (Å²) in [5, 5.41) is 6.52. The van der Waals surface area contributed by atoms with Crippen molar-refractivity contribution in [2.75, 3.05) is 19.0 Å². The van der Waals surface area contributed by atoms with Gasteiger partial charge in [-0.15, -0.1) is 11.3 Å². The third-order valence-corrected chi connectivity index (χ3v) is 5.05. The fraction of sp³-hybridized carbons (Fsp3) is 0.318. The largest absolute Gasteiger partial charge is 0.497 e. The lowest BCUT2D eigenvalue weighted by Crippen LogP contribution is -2.04. The molecule has 0 atom stereocenters. The maximum absolute atomic E-state index is 5.19. The molecule has 3 aromatic rings. The first-order valence-electron chi connectivity index (χ1n) is 9.05. The van der Waals surface area contributed by atoms with E-state index in [0.29, 0.717) is 5.92 Å². The monoisotopic (exact) mass is 366 g/mol. The summed E-state index contributed by atoms with van der Waals surface area (Å²) in [6, 6.07) is 17.0. The number of rotatable bonds is 8. The molecule has 0 aliphatic heterocycles. The van der Waals surface area contributed by atoms with Crippen LogP contribution >= 0.6 is 11.3 Å². The number of methoxy groups -OCH3 is 1. The minimum Gasteiger partial charge on any atom is -0.497 e. The number of thiazole rings is 1. The van der Waals surface area contributed by atoms with Crippen LogP contribution in [0.15, 0.2) is 53.9 Å². The summed E-state index contributed by atoms with van der Waals surface area (Å²) in [5.41, 5.74) is 4.89. The van der Waals surface area contributed by atoms with Gasteiger partial charge in [-0.2, -0.15) is 0 Å². The average Bonchev–Trinajstić information content (AvgIpc) is 3.11. The summed E-state index contributed by atoms with van der Waals surface area (Å²) >= 11 is 1.66. The number of benzene rings is 2. The summed E-state index contributed by atoms with van der Waals surface area (Å²) in [6.07, 6.45) is 2.08. The van der Waals surface area contributed by atoms with E-state index in [-0.39, 0.29) is 0 Å². The van der Waals surface area contributed by atoms with E-state index in [9.17, 15) is 0 Å². The van der Waals surface area contributed by atoms with Gasteiger partial charge in [0.05, 0.1) is 12.8 Å². The van der Waals surface area contributed by atoms with Crippen LogP contribution in [0.3, 0.4) is 0 Å². The van der Waals surface area contributed by atoms with Crippen molar-refractivity contribution in [3.63, 3.8) is 0 Å².